The summed E-state index contributed by atoms with van der Waals surface area (Å²) in [4.78, 5) is 4.55. The number of hydrogen-bond donors (Lipinski definition) is 1. The Balaban J connectivity index is 1.91. The molecule has 0 amide bonds. The molecule has 1 saturated carbocycles. The molecular weight excluding hydrogens is 254 g/mol. The van der Waals surface area contributed by atoms with Crippen molar-refractivity contribution in [2.45, 2.75) is 37.7 Å². The molecule has 0 spiro atoms. The van der Waals surface area contributed by atoms with Gasteiger partial charge in [-0.2, -0.15) is 4.98 Å². The van der Waals surface area contributed by atoms with Crippen LogP contribution in [0.3, 0.4) is 0 Å². The molecule has 20 heavy (non-hydrogen) atoms. The molecule has 1 fully saturated rings. The first-order valence-electron chi connectivity index (χ1n) is 6.92. The summed E-state index contributed by atoms with van der Waals surface area (Å²) in [6.07, 6.45) is 2.78. The second-order valence-corrected chi connectivity index (χ2v) is 5.29. The summed E-state index contributed by atoms with van der Waals surface area (Å²) in [5.41, 5.74) is 7.57. The second-order valence-electron chi connectivity index (χ2n) is 5.29. The van der Waals surface area contributed by atoms with Gasteiger partial charge in [-0.05, 0) is 37.0 Å². The van der Waals surface area contributed by atoms with Crippen molar-refractivity contribution in [3.8, 4) is 0 Å². The normalized spacial score (nSPS) is 17.9. The van der Waals surface area contributed by atoms with Crippen LogP contribution in [0.2, 0.25) is 0 Å². The number of nitrogens with two attached hydrogens (primary N) is 1. The summed E-state index contributed by atoms with van der Waals surface area (Å²) in [5.74, 6) is 1.32. The van der Waals surface area contributed by atoms with Crippen LogP contribution in [0.4, 0.5) is 5.69 Å². The van der Waals surface area contributed by atoms with Crippen molar-refractivity contribution in [2.75, 3.05) is 12.8 Å². The van der Waals surface area contributed by atoms with Crippen LogP contribution >= 0.6 is 0 Å². The van der Waals surface area contributed by atoms with Crippen LogP contribution in [0.15, 0.2) is 28.8 Å². The SMILES string of the molecule is CCC(OC)c1noc(C2(c3ccc(N)cc3)CC2)n1. The van der Waals surface area contributed by atoms with Gasteiger partial charge < -0.3 is 15.0 Å². The number of hydrogen-bond acceptors (Lipinski definition) is 5. The van der Waals surface area contributed by atoms with Crippen molar-refractivity contribution in [2.24, 2.45) is 0 Å². The highest BCUT2D eigenvalue weighted by Gasteiger charge is 2.51. The molecule has 1 aliphatic carbocycles. The largest absolute Gasteiger partial charge is 0.399 e. The van der Waals surface area contributed by atoms with E-state index in [1.807, 2.05) is 31.2 Å². The van der Waals surface area contributed by atoms with Crippen LogP contribution < -0.4 is 5.73 Å². The van der Waals surface area contributed by atoms with E-state index in [1.165, 1.54) is 5.56 Å². The van der Waals surface area contributed by atoms with Crippen molar-refractivity contribution in [3.05, 3.63) is 41.5 Å². The summed E-state index contributed by atoms with van der Waals surface area (Å²) in [7, 11) is 1.66. The standard InChI is InChI=1S/C15H19N3O2/c1-3-12(19-2)13-17-14(20-18-13)15(8-9-15)10-4-6-11(16)7-5-10/h4-7,12H,3,8-9,16H2,1-2H3. The van der Waals surface area contributed by atoms with Crippen LogP contribution in [0.25, 0.3) is 0 Å². The molecule has 0 radical (unpaired) electrons. The summed E-state index contributed by atoms with van der Waals surface area (Å²) in [5, 5.41) is 4.07. The lowest BCUT2D eigenvalue weighted by Crippen LogP contribution is -2.10. The van der Waals surface area contributed by atoms with Gasteiger partial charge in [0.2, 0.25) is 11.7 Å². The lowest BCUT2D eigenvalue weighted by molar-refractivity contribution is 0.0903. The average Bonchev–Trinajstić information content (AvgIpc) is 3.13. The molecule has 2 N–H and O–H groups in total. The Bertz CT molecular complexity index is 583. The predicted octanol–water partition coefficient (Wildman–Crippen LogP) is 2.83. The van der Waals surface area contributed by atoms with E-state index in [4.69, 9.17) is 15.0 Å². The molecule has 1 aliphatic rings. The molecule has 5 nitrogen and oxygen atoms in total. The predicted molar refractivity (Wildman–Crippen MR) is 75.2 cm³/mol. The number of ether oxygens (including phenoxy) is 1. The van der Waals surface area contributed by atoms with Gasteiger partial charge in [0.05, 0.1) is 5.41 Å². The Morgan fingerprint density at radius 1 is 1.35 bits per heavy atom. The summed E-state index contributed by atoms with van der Waals surface area (Å²) < 4.78 is 10.8. The molecule has 2 aromatic rings. The highest BCUT2D eigenvalue weighted by Crippen LogP contribution is 2.53. The number of rotatable bonds is 5. The Hall–Kier alpha value is -1.88. The fourth-order valence-corrected chi connectivity index (χ4v) is 2.57. The first kappa shape index (κ1) is 13.1. The number of anilines is 1. The van der Waals surface area contributed by atoms with Crippen LogP contribution in [0.5, 0.6) is 0 Å². The van der Waals surface area contributed by atoms with Gasteiger partial charge in [-0.1, -0.05) is 24.2 Å². The number of benzene rings is 1. The number of nitrogens with zero attached hydrogens (tertiary/aromatic N) is 2. The van der Waals surface area contributed by atoms with E-state index in [1.54, 1.807) is 7.11 Å². The van der Waals surface area contributed by atoms with E-state index in [2.05, 4.69) is 10.1 Å². The van der Waals surface area contributed by atoms with Crippen LogP contribution in [0, 0.1) is 0 Å². The minimum atomic E-state index is -0.120. The zero-order valence-corrected chi connectivity index (χ0v) is 11.8. The number of aromatic nitrogens is 2. The first-order valence-corrected chi connectivity index (χ1v) is 6.92. The van der Waals surface area contributed by atoms with Gasteiger partial charge in [-0.25, -0.2) is 0 Å². The third kappa shape index (κ3) is 2.08. The highest BCUT2D eigenvalue weighted by atomic mass is 16.5. The van der Waals surface area contributed by atoms with Crippen LogP contribution in [0.1, 0.15) is 49.6 Å². The maximum atomic E-state index is 5.74. The molecule has 5 heteroatoms. The van der Waals surface area contributed by atoms with Crippen LogP contribution in [-0.2, 0) is 10.2 Å². The summed E-state index contributed by atoms with van der Waals surface area (Å²) in [6.45, 7) is 2.04. The van der Waals surface area contributed by atoms with Crippen molar-refractivity contribution in [1.82, 2.24) is 10.1 Å². The Labute approximate surface area is 118 Å². The lowest BCUT2D eigenvalue weighted by atomic mass is 9.95. The van der Waals surface area contributed by atoms with E-state index >= 15 is 0 Å². The van der Waals surface area contributed by atoms with E-state index in [9.17, 15) is 0 Å². The van der Waals surface area contributed by atoms with Gasteiger partial charge in [-0.15, -0.1) is 0 Å². The maximum Gasteiger partial charge on any atom is 0.237 e. The fraction of sp³-hybridized carbons (Fsp3) is 0.467. The Kier molecular flexibility index (Phi) is 3.22. The second kappa shape index (κ2) is 4.90. The minimum absolute atomic E-state index is 0.102. The molecule has 0 aliphatic heterocycles. The smallest absolute Gasteiger partial charge is 0.237 e. The molecule has 106 valence electrons. The number of methoxy groups -OCH3 is 1. The van der Waals surface area contributed by atoms with Crippen molar-refractivity contribution in [3.63, 3.8) is 0 Å². The molecular formula is C15H19N3O2. The van der Waals surface area contributed by atoms with Crippen LogP contribution in [-0.4, -0.2) is 17.3 Å². The topological polar surface area (TPSA) is 74.2 Å². The van der Waals surface area contributed by atoms with Gasteiger partial charge in [0.1, 0.15) is 6.10 Å². The van der Waals surface area contributed by atoms with E-state index in [0.717, 1.165) is 24.9 Å². The van der Waals surface area contributed by atoms with Gasteiger partial charge in [0.25, 0.3) is 0 Å². The van der Waals surface area contributed by atoms with Gasteiger partial charge >= 0.3 is 0 Å². The molecule has 0 bridgehead atoms. The van der Waals surface area contributed by atoms with E-state index < -0.39 is 0 Å². The Morgan fingerprint density at radius 3 is 2.60 bits per heavy atom. The van der Waals surface area contributed by atoms with Gasteiger partial charge in [-0.3, -0.25) is 0 Å². The van der Waals surface area contributed by atoms with Crippen molar-refractivity contribution in [1.29, 1.82) is 0 Å². The summed E-state index contributed by atoms with van der Waals surface area (Å²) in [6, 6.07) is 7.91. The molecule has 0 saturated heterocycles. The van der Waals surface area contributed by atoms with E-state index in [-0.39, 0.29) is 11.5 Å². The monoisotopic (exact) mass is 273 g/mol. The lowest BCUT2D eigenvalue weighted by Gasteiger charge is -2.11. The van der Waals surface area contributed by atoms with Crippen molar-refractivity contribution >= 4 is 5.69 Å². The molecule has 1 atom stereocenters. The fourth-order valence-electron chi connectivity index (χ4n) is 2.57. The zero-order chi connectivity index (χ0) is 14.2. The minimum Gasteiger partial charge on any atom is -0.399 e. The molecule has 1 aromatic carbocycles. The zero-order valence-electron chi connectivity index (χ0n) is 11.8. The highest BCUT2D eigenvalue weighted by molar-refractivity contribution is 5.46. The van der Waals surface area contributed by atoms with Gasteiger partial charge in [0, 0.05) is 12.8 Å². The third-order valence-electron chi connectivity index (χ3n) is 4.01. The average molecular weight is 273 g/mol. The summed E-state index contributed by atoms with van der Waals surface area (Å²) >= 11 is 0. The molecule has 1 heterocycles. The first-order chi connectivity index (χ1) is 9.69. The quantitative estimate of drug-likeness (QED) is 0.848. The van der Waals surface area contributed by atoms with Gasteiger partial charge in [0.15, 0.2) is 0 Å². The number of nitrogen functional groups attached to an aromatic ring is 1. The Morgan fingerprint density at radius 2 is 2.05 bits per heavy atom. The molecule has 3 rings (SSSR count). The van der Waals surface area contributed by atoms with E-state index in [0.29, 0.717) is 11.7 Å². The van der Waals surface area contributed by atoms with Crippen molar-refractivity contribution < 1.29 is 9.26 Å². The molecule has 1 unspecified atom stereocenters. The third-order valence-corrected chi connectivity index (χ3v) is 4.01. The maximum absolute atomic E-state index is 5.74. The molecule has 1 aromatic heterocycles.